The zero-order valence-corrected chi connectivity index (χ0v) is 16.2. The van der Waals surface area contributed by atoms with Crippen LogP contribution in [0.5, 0.6) is 5.88 Å². The molecule has 0 radical (unpaired) electrons. The predicted molar refractivity (Wildman–Crippen MR) is 101 cm³/mol. The molecule has 1 aromatic rings. The highest BCUT2D eigenvalue weighted by molar-refractivity contribution is 14.0. The van der Waals surface area contributed by atoms with Gasteiger partial charge in [0.1, 0.15) is 0 Å². The number of ether oxygens (including phenoxy) is 1. The first-order chi connectivity index (χ1) is 10.1. The molecule has 1 fully saturated rings. The molecule has 0 aromatic carbocycles. The van der Waals surface area contributed by atoms with Gasteiger partial charge in [-0.25, -0.2) is 4.98 Å². The molecule has 0 aliphatic carbocycles. The lowest BCUT2D eigenvalue weighted by molar-refractivity contribution is 0.208. The lowest BCUT2D eigenvalue weighted by Gasteiger charge is -2.37. The van der Waals surface area contributed by atoms with Crippen LogP contribution in [-0.4, -0.2) is 43.1 Å². The minimum Gasteiger partial charge on any atom is -0.481 e. The van der Waals surface area contributed by atoms with Crippen LogP contribution >= 0.6 is 24.0 Å². The van der Waals surface area contributed by atoms with E-state index in [0.717, 1.165) is 43.0 Å². The molecule has 2 atom stereocenters. The van der Waals surface area contributed by atoms with E-state index in [4.69, 9.17) is 4.74 Å². The van der Waals surface area contributed by atoms with E-state index < -0.39 is 0 Å². The van der Waals surface area contributed by atoms with E-state index in [2.05, 4.69) is 34.0 Å². The van der Waals surface area contributed by atoms with Crippen LogP contribution in [0.3, 0.4) is 0 Å². The molecule has 1 aliphatic rings. The highest BCUT2D eigenvalue weighted by Gasteiger charge is 2.23. The van der Waals surface area contributed by atoms with Crippen molar-refractivity contribution in [3.63, 3.8) is 0 Å². The topological polar surface area (TPSA) is 49.8 Å². The van der Waals surface area contributed by atoms with Crippen LogP contribution in [0.4, 0.5) is 0 Å². The number of rotatable bonds is 3. The van der Waals surface area contributed by atoms with E-state index >= 15 is 0 Å². The van der Waals surface area contributed by atoms with Gasteiger partial charge in [-0.15, -0.1) is 24.0 Å². The summed E-state index contributed by atoms with van der Waals surface area (Å²) >= 11 is 0. The quantitative estimate of drug-likeness (QED) is 0.466. The third-order valence-electron chi connectivity index (χ3n) is 3.84. The van der Waals surface area contributed by atoms with Gasteiger partial charge in [0, 0.05) is 38.9 Å². The van der Waals surface area contributed by atoms with Crippen LogP contribution < -0.4 is 10.1 Å². The molecule has 0 spiro atoms. The monoisotopic (exact) mass is 418 g/mol. The summed E-state index contributed by atoms with van der Waals surface area (Å²) in [6.45, 7) is 7.49. The van der Waals surface area contributed by atoms with Gasteiger partial charge in [0.2, 0.25) is 5.88 Å². The summed E-state index contributed by atoms with van der Waals surface area (Å²) < 4.78 is 5.07. The molecule has 1 saturated heterocycles. The summed E-state index contributed by atoms with van der Waals surface area (Å²) in [5.41, 5.74) is 1.12. The van der Waals surface area contributed by atoms with Crippen LogP contribution in [-0.2, 0) is 6.54 Å². The van der Waals surface area contributed by atoms with Crippen LogP contribution in [0.1, 0.15) is 25.8 Å². The number of pyridine rings is 1. The van der Waals surface area contributed by atoms with E-state index in [-0.39, 0.29) is 24.0 Å². The smallest absolute Gasteiger partial charge is 0.212 e. The third kappa shape index (κ3) is 5.30. The lowest BCUT2D eigenvalue weighted by atomic mass is 9.92. The van der Waals surface area contributed by atoms with E-state index in [0.29, 0.717) is 5.88 Å². The molecule has 2 unspecified atom stereocenters. The molecular weight excluding hydrogens is 391 g/mol. The number of halogens is 1. The SMILES string of the molecule is CN=C(NCc1ccc(OC)nc1)N1CC(C)CC(C)C1.I. The van der Waals surface area contributed by atoms with Crippen molar-refractivity contribution in [2.75, 3.05) is 27.2 Å². The van der Waals surface area contributed by atoms with E-state index in [1.807, 2.05) is 25.4 Å². The molecule has 124 valence electrons. The van der Waals surface area contributed by atoms with E-state index in [1.54, 1.807) is 7.11 Å². The number of hydrogen-bond acceptors (Lipinski definition) is 3. The Morgan fingerprint density at radius 2 is 2.05 bits per heavy atom. The van der Waals surface area contributed by atoms with Crippen molar-refractivity contribution in [3.8, 4) is 5.88 Å². The van der Waals surface area contributed by atoms with Crippen LogP contribution in [0.15, 0.2) is 23.3 Å². The van der Waals surface area contributed by atoms with Gasteiger partial charge in [-0.3, -0.25) is 4.99 Å². The molecule has 5 nitrogen and oxygen atoms in total. The minimum absolute atomic E-state index is 0. The van der Waals surface area contributed by atoms with Crippen LogP contribution in [0.25, 0.3) is 0 Å². The highest BCUT2D eigenvalue weighted by Crippen LogP contribution is 2.20. The van der Waals surface area contributed by atoms with Gasteiger partial charge >= 0.3 is 0 Å². The van der Waals surface area contributed by atoms with Gasteiger partial charge in [0.25, 0.3) is 0 Å². The van der Waals surface area contributed by atoms with Crippen molar-refractivity contribution < 1.29 is 4.74 Å². The van der Waals surface area contributed by atoms with Crippen molar-refractivity contribution in [1.29, 1.82) is 0 Å². The molecule has 22 heavy (non-hydrogen) atoms. The number of piperidine rings is 1. The fourth-order valence-electron chi connectivity index (χ4n) is 2.99. The first-order valence-corrected chi connectivity index (χ1v) is 7.57. The van der Waals surface area contributed by atoms with Gasteiger partial charge in [-0.1, -0.05) is 19.9 Å². The molecule has 1 aliphatic heterocycles. The van der Waals surface area contributed by atoms with Gasteiger partial charge in [0.15, 0.2) is 5.96 Å². The first kappa shape index (κ1) is 19.0. The summed E-state index contributed by atoms with van der Waals surface area (Å²) in [4.78, 5) is 11.0. The Morgan fingerprint density at radius 1 is 1.36 bits per heavy atom. The minimum atomic E-state index is 0. The van der Waals surface area contributed by atoms with Crippen molar-refractivity contribution in [2.45, 2.75) is 26.8 Å². The summed E-state index contributed by atoms with van der Waals surface area (Å²) in [6, 6.07) is 3.90. The first-order valence-electron chi connectivity index (χ1n) is 7.57. The molecule has 1 aromatic heterocycles. The maximum Gasteiger partial charge on any atom is 0.212 e. The molecule has 2 heterocycles. The number of nitrogens with one attached hydrogen (secondary N) is 1. The van der Waals surface area contributed by atoms with Crippen LogP contribution in [0, 0.1) is 11.8 Å². The van der Waals surface area contributed by atoms with Gasteiger partial charge in [-0.2, -0.15) is 0 Å². The Morgan fingerprint density at radius 3 is 2.55 bits per heavy atom. The number of aromatic nitrogens is 1. The Bertz CT molecular complexity index is 468. The summed E-state index contributed by atoms with van der Waals surface area (Å²) in [6.07, 6.45) is 3.14. The zero-order valence-electron chi connectivity index (χ0n) is 13.9. The standard InChI is InChI=1S/C16H26N4O.HI/c1-12-7-13(2)11-20(10-12)16(17-3)19-9-14-5-6-15(21-4)18-8-14;/h5-6,8,12-13H,7,9-11H2,1-4H3,(H,17,19);1H. The molecule has 0 bridgehead atoms. The van der Waals surface area contributed by atoms with Crippen molar-refractivity contribution >= 4 is 29.9 Å². The van der Waals surface area contributed by atoms with Gasteiger partial charge < -0.3 is 15.0 Å². The molecule has 0 amide bonds. The predicted octanol–water partition coefficient (Wildman–Crippen LogP) is 2.76. The number of hydrogen-bond donors (Lipinski definition) is 1. The summed E-state index contributed by atoms with van der Waals surface area (Å²) in [5.74, 6) is 3.05. The fourth-order valence-corrected chi connectivity index (χ4v) is 2.99. The Labute approximate surface area is 150 Å². The second kappa shape index (κ2) is 9.17. The Balaban J connectivity index is 0.00000242. The normalized spacial score (nSPS) is 22.0. The van der Waals surface area contributed by atoms with Crippen LogP contribution in [0.2, 0.25) is 0 Å². The molecular formula is C16H27IN4O. The Hall–Kier alpha value is -1.05. The number of nitrogens with zero attached hydrogens (tertiary/aromatic N) is 3. The highest BCUT2D eigenvalue weighted by atomic mass is 127. The number of aliphatic imine (C=N–C) groups is 1. The summed E-state index contributed by atoms with van der Waals surface area (Å²) in [5, 5.41) is 3.43. The third-order valence-corrected chi connectivity index (χ3v) is 3.84. The van der Waals surface area contributed by atoms with Crippen molar-refractivity contribution in [1.82, 2.24) is 15.2 Å². The number of guanidine groups is 1. The zero-order chi connectivity index (χ0) is 15.2. The van der Waals surface area contributed by atoms with E-state index in [1.165, 1.54) is 6.42 Å². The fraction of sp³-hybridized carbons (Fsp3) is 0.625. The maximum absolute atomic E-state index is 5.07. The number of likely N-dealkylation sites (tertiary alicyclic amines) is 1. The second-order valence-electron chi connectivity index (χ2n) is 5.96. The van der Waals surface area contributed by atoms with E-state index in [9.17, 15) is 0 Å². The average molecular weight is 418 g/mol. The Kier molecular flexibility index (Phi) is 7.92. The molecule has 1 N–H and O–H groups in total. The second-order valence-corrected chi connectivity index (χ2v) is 5.96. The number of methoxy groups -OCH3 is 1. The van der Waals surface area contributed by atoms with Crippen molar-refractivity contribution in [3.05, 3.63) is 23.9 Å². The van der Waals surface area contributed by atoms with Gasteiger partial charge in [-0.05, 0) is 23.8 Å². The summed E-state index contributed by atoms with van der Waals surface area (Å²) in [7, 11) is 3.47. The lowest BCUT2D eigenvalue weighted by Crippen LogP contribution is -2.48. The molecule has 0 saturated carbocycles. The molecule has 6 heteroatoms. The largest absolute Gasteiger partial charge is 0.481 e. The molecule has 2 rings (SSSR count). The van der Waals surface area contributed by atoms with Gasteiger partial charge in [0.05, 0.1) is 7.11 Å². The average Bonchev–Trinajstić information content (AvgIpc) is 2.47. The van der Waals surface area contributed by atoms with Crippen molar-refractivity contribution in [2.24, 2.45) is 16.8 Å². The maximum atomic E-state index is 5.07.